The van der Waals surface area contributed by atoms with Crippen LogP contribution in [-0.2, 0) is 9.47 Å². The first kappa shape index (κ1) is 21.1. The Hall–Kier alpha value is -1.61. The molecular weight excluding hydrogens is 452 g/mol. The third-order valence-electron chi connectivity index (χ3n) is 5.42. The van der Waals surface area contributed by atoms with Crippen molar-refractivity contribution < 1.29 is 19.1 Å². The lowest BCUT2D eigenvalue weighted by Crippen LogP contribution is -2.49. The maximum atomic E-state index is 12.6. The average Bonchev–Trinajstić information content (AvgIpc) is 3.30. The number of nitrogens with zero attached hydrogens (tertiary/aromatic N) is 4. The lowest BCUT2D eigenvalue weighted by Gasteiger charge is -2.34. The summed E-state index contributed by atoms with van der Waals surface area (Å²) in [6.07, 6.45) is 4.18. The average molecular weight is 476 g/mol. The van der Waals surface area contributed by atoms with Gasteiger partial charge in [0.05, 0.1) is 29.4 Å². The predicted octanol–water partition coefficient (Wildman–Crippen LogP) is 3.66. The second-order valence-corrected chi connectivity index (χ2v) is 8.26. The van der Waals surface area contributed by atoms with Gasteiger partial charge < -0.3 is 19.3 Å². The maximum absolute atomic E-state index is 12.6. The van der Waals surface area contributed by atoms with E-state index in [0.717, 1.165) is 32.1 Å². The topological polar surface area (TPSA) is 84.9 Å². The van der Waals surface area contributed by atoms with Gasteiger partial charge in [0.2, 0.25) is 0 Å². The van der Waals surface area contributed by atoms with Gasteiger partial charge in [0.15, 0.2) is 10.8 Å². The molecule has 0 radical (unpaired) electrons. The first-order chi connectivity index (χ1) is 13.4. The molecule has 0 aromatic carbocycles. The van der Waals surface area contributed by atoms with Crippen LogP contribution in [0.1, 0.15) is 49.5 Å². The molecule has 1 aromatic rings. The van der Waals surface area contributed by atoms with Gasteiger partial charge in [-0.1, -0.05) is 24.9 Å². The van der Waals surface area contributed by atoms with Gasteiger partial charge >= 0.3 is 12.1 Å². The number of rotatable bonds is 5. The van der Waals surface area contributed by atoms with E-state index in [4.69, 9.17) is 21.1 Å². The lowest BCUT2D eigenvalue weighted by atomic mass is 9.95. The van der Waals surface area contributed by atoms with Crippen LogP contribution in [0.15, 0.2) is 4.47 Å². The highest BCUT2D eigenvalue weighted by molar-refractivity contribution is 9.10. The molecule has 2 fully saturated rings. The molecule has 0 bridgehead atoms. The molecule has 28 heavy (non-hydrogen) atoms. The molecule has 0 saturated carbocycles. The summed E-state index contributed by atoms with van der Waals surface area (Å²) in [5.74, 6) is -0.580. The van der Waals surface area contributed by atoms with Crippen LogP contribution in [0.5, 0.6) is 0 Å². The number of esters is 1. The normalized spacial score (nSPS) is 21.4. The van der Waals surface area contributed by atoms with Gasteiger partial charge in [-0.05, 0) is 41.6 Å². The smallest absolute Gasteiger partial charge is 0.410 e. The molecule has 8 nitrogen and oxygen atoms in total. The zero-order chi connectivity index (χ0) is 20.3. The summed E-state index contributed by atoms with van der Waals surface area (Å²) in [5, 5.41) is 7.92. The Morgan fingerprint density at radius 3 is 2.79 bits per heavy atom. The van der Waals surface area contributed by atoms with E-state index >= 15 is 0 Å². The Kier molecular flexibility index (Phi) is 6.65. The SMILES string of the molecule is CCCCOC(=O)N1CCCC12CCN(c1c(C(=O)OC)nnc(Cl)c1Br)C2. The van der Waals surface area contributed by atoms with Crippen LogP contribution in [0, 0.1) is 0 Å². The highest BCUT2D eigenvalue weighted by Gasteiger charge is 2.49. The van der Waals surface area contributed by atoms with Crippen LogP contribution in [0.3, 0.4) is 0 Å². The second-order valence-electron chi connectivity index (χ2n) is 7.11. The van der Waals surface area contributed by atoms with Gasteiger partial charge in [-0.3, -0.25) is 0 Å². The molecule has 1 spiro atoms. The van der Waals surface area contributed by atoms with E-state index in [-0.39, 0.29) is 22.5 Å². The van der Waals surface area contributed by atoms with Gasteiger partial charge in [-0.25, -0.2) is 9.59 Å². The maximum Gasteiger partial charge on any atom is 0.410 e. The number of halogens is 2. The predicted molar refractivity (Wildman–Crippen MR) is 108 cm³/mol. The largest absolute Gasteiger partial charge is 0.464 e. The molecule has 0 aliphatic carbocycles. The molecule has 2 saturated heterocycles. The number of carbonyl (C=O) groups is 2. The fourth-order valence-electron chi connectivity index (χ4n) is 3.99. The zero-order valence-electron chi connectivity index (χ0n) is 16.0. The van der Waals surface area contributed by atoms with Gasteiger partial charge in [0.1, 0.15) is 0 Å². The van der Waals surface area contributed by atoms with E-state index in [1.165, 1.54) is 7.11 Å². The number of ether oxygens (including phenoxy) is 2. The molecule has 2 aliphatic rings. The standard InChI is InChI=1S/C18H24BrClN4O4/c1-3-4-10-28-17(26)24-8-5-6-18(24)7-9-23(11-18)14-12(19)15(20)22-21-13(14)16(25)27-2/h3-11H2,1-2H3. The Bertz CT molecular complexity index is 765. The molecule has 1 aromatic heterocycles. The van der Waals surface area contributed by atoms with Crippen LogP contribution in [0.25, 0.3) is 0 Å². The molecule has 0 N–H and O–H groups in total. The minimum atomic E-state index is -0.580. The number of unbranched alkanes of at least 4 members (excludes halogenated alkanes) is 1. The van der Waals surface area contributed by atoms with E-state index in [0.29, 0.717) is 36.4 Å². The monoisotopic (exact) mass is 474 g/mol. The first-order valence-corrected chi connectivity index (χ1v) is 10.6. The van der Waals surface area contributed by atoms with Crippen molar-refractivity contribution in [2.45, 2.75) is 44.6 Å². The van der Waals surface area contributed by atoms with Crippen molar-refractivity contribution in [1.29, 1.82) is 0 Å². The third kappa shape index (κ3) is 3.91. The van der Waals surface area contributed by atoms with Crippen molar-refractivity contribution in [2.75, 3.05) is 38.3 Å². The Morgan fingerprint density at radius 1 is 1.29 bits per heavy atom. The summed E-state index contributed by atoms with van der Waals surface area (Å²) >= 11 is 9.56. The highest BCUT2D eigenvalue weighted by atomic mass is 79.9. The number of amides is 1. The van der Waals surface area contributed by atoms with Crippen molar-refractivity contribution in [1.82, 2.24) is 15.1 Å². The summed E-state index contributed by atoms with van der Waals surface area (Å²) < 4.78 is 10.8. The fraction of sp³-hybridized carbons (Fsp3) is 0.667. The van der Waals surface area contributed by atoms with E-state index < -0.39 is 5.97 Å². The van der Waals surface area contributed by atoms with E-state index in [1.807, 2.05) is 9.80 Å². The van der Waals surface area contributed by atoms with E-state index in [9.17, 15) is 9.59 Å². The summed E-state index contributed by atoms with van der Waals surface area (Å²) in [4.78, 5) is 28.7. The van der Waals surface area contributed by atoms with E-state index in [1.54, 1.807) is 0 Å². The van der Waals surface area contributed by atoms with Crippen molar-refractivity contribution in [3.63, 3.8) is 0 Å². The van der Waals surface area contributed by atoms with Crippen LogP contribution in [0.2, 0.25) is 5.15 Å². The van der Waals surface area contributed by atoms with Crippen molar-refractivity contribution in [3.05, 3.63) is 15.3 Å². The van der Waals surface area contributed by atoms with Crippen LogP contribution in [0.4, 0.5) is 10.5 Å². The molecule has 1 amide bonds. The van der Waals surface area contributed by atoms with Crippen LogP contribution < -0.4 is 4.90 Å². The molecule has 3 heterocycles. The summed E-state index contributed by atoms with van der Waals surface area (Å²) in [6, 6.07) is 0. The zero-order valence-corrected chi connectivity index (χ0v) is 18.4. The van der Waals surface area contributed by atoms with Gasteiger partial charge in [0.25, 0.3) is 0 Å². The third-order valence-corrected chi connectivity index (χ3v) is 6.66. The number of anilines is 1. The quantitative estimate of drug-likeness (QED) is 0.474. The molecule has 154 valence electrons. The summed E-state index contributed by atoms with van der Waals surface area (Å²) in [5.41, 5.74) is 0.340. The van der Waals surface area contributed by atoms with Gasteiger partial charge in [-0.15, -0.1) is 10.2 Å². The summed E-state index contributed by atoms with van der Waals surface area (Å²) in [7, 11) is 1.30. The number of aromatic nitrogens is 2. The first-order valence-electron chi connectivity index (χ1n) is 9.43. The van der Waals surface area contributed by atoms with Crippen molar-refractivity contribution in [3.8, 4) is 0 Å². The number of hydrogen-bond acceptors (Lipinski definition) is 7. The molecule has 10 heteroatoms. The van der Waals surface area contributed by atoms with Crippen molar-refractivity contribution in [2.24, 2.45) is 0 Å². The Morgan fingerprint density at radius 2 is 2.07 bits per heavy atom. The number of likely N-dealkylation sites (tertiary alicyclic amines) is 1. The van der Waals surface area contributed by atoms with Crippen LogP contribution >= 0.6 is 27.5 Å². The highest BCUT2D eigenvalue weighted by Crippen LogP contribution is 2.43. The molecule has 1 atom stereocenters. The van der Waals surface area contributed by atoms with Crippen molar-refractivity contribution >= 4 is 45.3 Å². The van der Waals surface area contributed by atoms with E-state index in [2.05, 4.69) is 33.1 Å². The second kappa shape index (κ2) is 8.82. The van der Waals surface area contributed by atoms with Gasteiger partial charge in [0, 0.05) is 19.6 Å². The number of carbonyl (C=O) groups excluding carboxylic acids is 2. The molecule has 2 aliphatic heterocycles. The van der Waals surface area contributed by atoms with Crippen LogP contribution in [-0.4, -0.2) is 66.0 Å². The fourth-order valence-corrected chi connectivity index (χ4v) is 4.63. The molecule has 3 rings (SSSR count). The molecular formula is C18H24BrClN4O4. The minimum absolute atomic E-state index is 0.103. The summed E-state index contributed by atoms with van der Waals surface area (Å²) in [6.45, 7) is 4.40. The number of methoxy groups -OCH3 is 1. The lowest BCUT2D eigenvalue weighted by molar-refractivity contribution is 0.0592. The number of hydrogen-bond donors (Lipinski definition) is 0. The Balaban J connectivity index is 1.84. The van der Waals surface area contributed by atoms with Gasteiger partial charge in [-0.2, -0.15) is 0 Å². The Labute approximate surface area is 177 Å². The molecule has 1 unspecified atom stereocenters. The minimum Gasteiger partial charge on any atom is -0.464 e.